The number of ether oxygens (including phenoxy) is 1. The van der Waals surface area contributed by atoms with E-state index < -0.39 is 0 Å². The second-order valence-electron chi connectivity index (χ2n) is 11.5. The Labute approximate surface area is 250 Å². The maximum absolute atomic E-state index is 11.9. The van der Waals surface area contributed by atoms with Gasteiger partial charge in [-0.3, -0.25) is 9.59 Å². The van der Waals surface area contributed by atoms with Crippen molar-refractivity contribution in [2.45, 2.75) is 194 Å². The van der Waals surface area contributed by atoms with Gasteiger partial charge in [0, 0.05) is 12.8 Å². The average molecular weight is 564 g/mol. The van der Waals surface area contributed by atoms with E-state index in [1.54, 1.807) is 0 Å². The maximum Gasteiger partial charge on any atom is 0.313 e. The lowest BCUT2D eigenvalue weighted by Crippen LogP contribution is -2.11. The van der Waals surface area contributed by atoms with Crippen molar-refractivity contribution < 1.29 is 14.3 Å². The van der Waals surface area contributed by atoms with Crippen molar-refractivity contribution >= 4 is 11.9 Å². The molecule has 0 aromatic carbocycles. The predicted octanol–water partition coefficient (Wildman–Crippen LogP) is 12.3. The fourth-order valence-electron chi connectivity index (χ4n) is 4.91. The molecule has 0 saturated heterocycles. The van der Waals surface area contributed by atoms with Gasteiger partial charge in [-0.05, 0) is 64.2 Å². The van der Waals surface area contributed by atoms with Crippen LogP contribution in [0.1, 0.15) is 194 Å². The van der Waals surface area contributed by atoms with Gasteiger partial charge in [0.1, 0.15) is 0 Å². The molecule has 0 bridgehead atoms. The largest absolute Gasteiger partial charge is 0.393 e. The fraction of sp³-hybridized carbons (Fsp3) is 0.833. The second-order valence-corrected chi connectivity index (χ2v) is 11.5. The minimum absolute atomic E-state index is 0. The van der Waals surface area contributed by atoms with E-state index >= 15 is 0 Å². The van der Waals surface area contributed by atoms with Crippen LogP contribution in [-0.2, 0) is 14.3 Å². The summed E-state index contributed by atoms with van der Waals surface area (Å²) in [6.45, 7) is 4.53. The van der Waals surface area contributed by atoms with Crippen molar-refractivity contribution in [3.05, 3.63) is 24.3 Å². The monoisotopic (exact) mass is 564 g/mol. The fourth-order valence-corrected chi connectivity index (χ4v) is 4.91. The van der Waals surface area contributed by atoms with E-state index in [1.165, 1.54) is 128 Å². The van der Waals surface area contributed by atoms with E-state index in [1.807, 2.05) is 0 Å². The van der Waals surface area contributed by atoms with E-state index in [4.69, 9.17) is 4.74 Å². The highest BCUT2D eigenvalue weighted by molar-refractivity contribution is 5.85. The summed E-state index contributed by atoms with van der Waals surface area (Å²) in [7, 11) is 0. The number of esters is 2. The number of carbonyl (C=O) groups excluding carboxylic acids is 2. The van der Waals surface area contributed by atoms with Gasteiger partial charge in [0.05, 0.1) is 0 Å². The molecule has 4 heteroatoms. The molecule has 0 aromatic heterocycles. The first-order valence-corrected chi connectivity index (χ1v) is 17.2. The van der Waals surface area contributed by atoms with Gasteiger partial charge in [0.15, 0.2) is 0 Å². The van der Waals surface area contributed by atoms with Crippen LogP contribution in [0.4, 0.5) is 0 Å². The number of hydrogen-bond acceptors (Lipinski definition) is 4. The van der Waals surface area contributed by atoms with Gasteiger partial charge in [0.2, 0.25) is 0 Å². The molecule has 0 aliphatic rings. The molecule has 0 fully saturated rings. The Bertz CT molecular complexity index is 535. The molecule has 0 unspecified atom stereocenters. The van der Waals surface area contributed by atoms with E-state index in [0.29, 0.717) is 12.8 Å². The average Bonchev–Trinajstić information content (AvgIpc) is 2.93. The van der Waals surface area contributed by atoms with Gasteiger partial charge in [-0.15, -0.1) is 0 Å². The van der Waals surface area contributed by atoms with Crippen molar-refractivity contribution in [1.82, 2.24) is 6.15 Å². The summed E-state index contributed by atoms with van der Waals surface area (Å²) in [5, 5.41) is 0. The normalized spacial score (nSPS) is 11.3. The maximum atomic E-state index is 11.9. The standard InChI is InChI=1S/C36H66O3.H3N/c1-3-5-7-9-11-13-15-17-19-21-23-25-27-29-31-33-35(37)39-36(38)34-32-30-28-26-24-22-20-18-16-14-12-10-8-6-4-2;/h17-20H,3-16,21-34H2,1-2H3;1H3/b19-17-,20-18-;. The number of carbonyl (C=O) groups is 2. The van der Waals surface area contributed by atoms with E-state index in [2.05, 4.69) is 38.2 Å². The van der Waals surface area contributed by atoms with Crippen LogP contribution in [-0.4, -0.2) is 11.9 Å². The molecule has 0 aliphatic carbocycles. The second kappa shape index (κ2) is 35.6. The van der Waals surface area contributed by atoms with Crippen molar-refractivity contribution in [3.63, 3.8) is 0 Å². The van der Waals surface area contributed by atoms with Crippen LogP contribution in [0.3, 0.4) is 0 Å². The molecular formula is C36H69NO3. The van der Waals surface area contributed by atoms with Crippen molar-refractivity contribution in [2.24, 2.45) is 0 Å². The van der Waals surface area contributed by atoms with Crippen LogP contribution in [0.15, 0.2) is 24.3 Å². The Morgan fingerprint density at radius 2 is 0.650 bits per heavy atom. The molecular weight excluding hydrogens is 494 g/mol. The smallest absolute Gasteiger partial charge is 0.313 e. The highest BCUT2D eigenvalue weighted by Gasteiger charge is 2.09. The first-order chi connectivity index (χ1) is 19.2. The lowest BCUT2D eigenvalue weighted by Gasteiger charge is -2.04. The number of allylic oxidation sites excluding steroid dienone is 4. The van der Waals surface area contributed by atoms with Crippen molar-refractivity contribution in [1.29, 1.82) is 0 Å². The summed E-state index contributed by atoms with van der Waals surface area (Å²) < 4.78 is 4.99. The number of unbranched alkanes of at least 4 members (excludes halogenated alkanes) is 22. The zero-order valence-corrected chi connectivity index (χ0v) is 27.0. The molecule has 0 aliphatic heterocycles. The quantitative estimate of drug-likeness (QED) is 0.0408. The lowest BCUT2D eigenvalue weighted by atomic mass is 10.1. The van der Waals surface area contributed by atoms with Gasteiger partial charge in [-0.2, -0.15) is 0 Å². The van der Waals surface area contributed by atoms with E-state index in [0.717, 1.165) is 38.5 Å². The van der Waals surface area contributed by atoms with Gasteiger partial charge >= 0.3 is 11.9 Å². The first-order valence-electron chi connectivity index (χ1n) is 17.2. The zero-order valence-electron chi connectivity index (χ0n) is 27.0. The minimum Gasteiger partial charge on any atom is -0.393 e. The van der Waals surface area contributed by atoms with Crippen LogP contribution in [0.25, 0.3) is 0 Å². The third-order valence-corrected chi connectivity index (χ3v) is 7.51. The molecule has 40 heavy (non-hydrogen) atoms. The third-order valence-electron chi connectivity index (χ3n) is 7.51. The summed E-state index contributed by atoms with van der Waals surface area (Å²) in [5.74, 6) is -0.684. The topological polar surface area (TPSA) is 78.4 Å². The SMILES string of the molecule is CCCCCCCC/C=C\CCCCCCCC(=O)OC(=O)CCCCCCC/C=C\CCCCCCCC.N. The van der Waals surface area contributed by atoms with Crippen LogP contribution < -0.4 is 6.15 Å². The minimum atomic E-state index is -0.342. The molecule has 0 aromatic rings. The van der Waals surface area contributed by atoms with E-state index in [9.17, 15) is 9.59 Å². The van der Waals surface area contributed by atoms with Gasteiger partial charge in [0.25, 0.3) is 0 Å². The molecule has 0 saturated carbocycles. The molecule has 0 spiro atoms. The van der Waals surface area contributed by atoms with Crippen LogP contribution in [0, 0.1) is 0 Å². The Balaban J connectivity index is 0. The summed E-state index contributed by atoms with van der Waals surface area (Å²) in [4.78, 5) is 23.8. The van der Waals surface area contributed by atoms with Crippen LogP contribution >= 0.6 is 0 Å². The molecule has 0 heterocycles. The first kappa shape index (κ1) is 40.7. The van der Waals surface area contributed by atoms with Crippen LogP contribution in [0.5, 0.6) is 0 Å². The van der Waals surface area contributed by atoms with Gasteiger partial charge < -0.3 is 10.9 Å². The molecule has 236 valence electrons. The Kier molecular flexibility index (Phi) is 36.2. The Morgan fingerprint density at radius 1 is 0.400 bits per heavy atom. The number of rotatable bonds is 30. The van der Waals surface area contributed by atoms with Crippen molar-refractivity contribution in [3.8, 4) is 0 Å². The van der Waals surface area contributed by atoms with E-state index in [-0.39, 0.29) is 18.1 Å². The highest BCUT2D eigenvalue weighted by atomic mass is 16.6. The van der Waals surface area contributed by atoms with Gasteiger partial charge in [-0.1, -0.05) is 141 Å². The number of hydrogen-bond donors (Lipinski definition) is 1. The molecule has 0 amide bonds. The van der Waals surface area contributed by atoms with Crippen LogP contribution in [0.2, 0.25) is 0 Å². The zero-order chi connectivity index (χ0) is 28.5. The molecule has 0 atom stereocenters. The molecule has 4 nitrogen and oxygen atoms in total. The summed E-state index contributed by atoms with van der Waals surface area (Å²) in [5.41, 5.74) is 0. The van der Waals surface area contributed by atoms with Gasteiger partial charge in [-0.25, -0.2) is 0 Å². The molecule has 0 radical (unpaired) electrons. The Hall–Kier alpha value is -1.42. The lowest BCUT2D eigenvalue weighted by molar-refractivity contribution is -0.159. The van der Waals surface area contributed by atoms with Crippen molar-refractivity contribution in [2.75, 3.05) is 0 Å². The predicted molar refractivity (Wildman–Crippen MR) is 175 cm³/mol. The molecule has 0 rings (SSSR count). The summed E-state index contributed by atoms with van der Waals surface area (Å²) >= 11 is 0. The molecule has 3 N–H and O–H groups in total. The highest BCUT2D eigenvalue weighted by Crippen LogP contribution is 2.12. The summed E-state index contributed by atoms with van der Waals surface area (Å²) in [6.07, 6.45) is 42.2. The Morgan fingerprint density at radius 3 is 0.950 bits per heavy atom. The third kappa shape index (κ3) is 34.6. The summed E-state index contributed by atoms with van der Waals surface area (Å²) in [6, 6.07) is 0.